The van der Waals surface area contributed by atoms with Gasteiger partial charge in [0, 0.05) is 30.2 Å². The summed E-state index contributed by atoms with van der Waals surface area (Å²) in [5, 5.41) is 11.9. The molecule has 7 heteroatoms. The van der Waals surface area contributed by atoms with Crippen LogP contribution in [0.25, 0.3) is 0 Å². The molecule has 28 heavy (non-hydrogen) atoms. The predicted molar refractivity (Wildman–Crippen MR) is 111 cm³/mol. The molecule has 6 nitrogen and oxygen atoms in total. The Kier molecular flexibility index (Phi) is 5.98. The van der Waals surface area contributed by atoms with Gasteiger partial charge < -0.3 is 10.2 Å². The van der Waals surface area contributed by atoms with E-state index < -0.39 is 5.54 Å². The normalized spacial score (nSPS) is 23.5. The lowest BCUT2D eigenvalue weighted by Crippen LogP contribution is -2.46. The molecule has 2 heterocycles. The van der Waals surface area contributed by atoms with Gasteiger partial charge in [-0.25, -0.2) is 0 Å². The highest BCUT2D eigenvalue weighted by molar-refractivity contribution is 6.30. The van der Waals surface area contributed by atoms with Gasteiger partial charge in [-0.15, -0.1) is 0 Å². The quantitative estimate of drug-likeness (QED) is 0.789. The first kappa shape index (κ1) is 20.6. The minimum atomic E-state index is -0.684. The summed E-state index contributed by atoms with van der Waals surface area (Å²) < 4.78 is 0. The van der Waals surface area contributed by atoms with Crippen molar-refractivity contribution in [2.75, 3.05) is 19.6 Å². The maximum atomic E-state index is 12.9. The number of benzene rings is 1. The Bertz CT molecular complexity index is 756. The van der Waals surface area contributed by atoms with Crippen LogP contribution >= 0.6 is 11.6 Å². The summed E-state index contributed by atoms with van der Waals surface area (Å²) in [5.41, 5.74) is -0.0377. The standard InChI is InChI=1S/C21H29ClN4O2/c1-14(2)12-21(3)19(28)26(20(23)24-21)13-15-8-10-25(11-9-15)18(27)16-4-6-17(22)7-5-16/h4-7,14-15H,8-13H2,1-3H3,(H2,23,24). The van der Waals surface area contributed by atoms with Crippen molar-refractivity contribution in [1.29, 1.82) is 5.41 Å². The largest absolute Gasteiger partial charge is 0.342 e. The molecule has 2 aliphatic rings. The van der Waals surface area contributed by atoms with Crippen molar-refractivity contribution in [3.8, 4) is 0 Å². The number of amides is 2. The molecule has 3 rings (SSSR count). The summed E-state index contributed by atoms with van der Waals surface area (Å²) in [6.45, 7) is 7.93. The highest BCUT2D eigenvalue weighted by Crippen LogP contribution is 2.27. The Balaban J connectivity index is 1.55. The second kappa shape index (κ2) is 8.11. The third-order valence-electron chi connectivity index (χ3n) is 5.63. The van der Waals surface area contributed by atoms with Crippen molar-refractivity contribution in [2.45, 2.75) is 45.6 Å². The van der Waals surface area contributed by atoms with E-state index in [0.29, 0.717) is 48.5 Å². The molecular weight excluding hydrogens is 376 g/mol. The van der Waals surface area contributed by atoms with Crippen LogP contribution in [-0.4, -0.2) is 52.7 Å². The monoisotopic (exact) mass is 404 g/mol. The molecule has 152 valence electrons. The maximum absolute atomic E-state index is 12.9. The Hall–Kier alpha value is -2.08. The molecule has 0 aromatic heterocycles. The van der Waals surface area contributed by atoms with Crippen LogP contribution < -0.4 is 5.32 Å². The van der Waals surface area contributed by atoms with Gasteiger partial charge in [-0.1, -0.05) is 25.4 Å². The van der Waals surface area contributed by atoms with Gasteiger partial charge >= 0.3 is 0 Å². The summed E-state index contributed by atoms with van der Waals surface area (Å²) in [7, 11) is 0. The average Bonchev–Trinajstić information content (AvgIpc) is 2.84. The topological polar surface area (TPSA) is 76.5 Å². The maximum Gasteiger partial charge on any atom is 0.254 e. The van der Waals surface area contributed by atoms with Gasteiger partial charge in [0.25, 0.3) is 11.8 Å². The highest BCUT2D eigenvalue weighted by atomic mass is 35.5. The molecule has 2 aliphatic heterocycles. The van der Waals surface area contributed by atoms with Gasteiger partial charge in [-0.05, 0) is 62.3 Å². The molecule has 1 atom stereocenters. The lowest BCUT2D eigenvalue weighted by molar-refractivity contribution is -0.131. The van der Waals surface area contributed by atoms with Crippen molar-refractivity contribution in [2.24, 2.45) is 11.8 Å². The molecule has 2 N–H and O–H groups in total. The lowest BCUT2D eigenvalue weighted by atomic mass is 9.90. The number of carbonyl (C=O) groups is 2. The van der Waals surface area contributed by atoms with Crippen LogP contribution in [-0.2, 0) is 4.79 Å². The molecule has 0 radical (unpaired) electrons. The van der Waals surface area contributed by atoms with E-state index >= 15 is 0 Å². The lowest BCUT2D eigenvalue weighted by Gasteiger charge is -2.34. The Morgan fingerprint density at radius 1 is 1.29 bits per heavy atom. The number of hydrogen-bond acceptors (Lipinski definition) is 3. The van der Waals surface area contributed by atoms with E-state index in [-0.39, 0.29) is 17.8 Å². The number of guanidine groups is 1. The number of hydrogen-bond donors (Lipinski definition) is 2. The molecule has 1 aromatic carbocycles. The SMILES string of the molecule is CC(C)CC1(C)NC(=N)N(CC2CCN(C(=O)c3ccc(Cl)cc3)CC2)C1=O. The van der Waals surface area contributed by atoms with Crippen molar-refractivity contribution in [3.63, 3.8) is 0 Å². The van der Waals surface area contributed by atoms with Crippen LogP contribution in [0.15, 0.2) is 24.3 Å². The average molecular weight is 405 g/mol. The zero-order chi connectivity index (χ0) is 20.5. The molecule has 0 aliphatic carbocycles. The number of nitrogens with one attached hydrogen (secondary N) is 2. The fourth-order valence-corrected chi connectivity index (χ4v) is 4.39. The van der Waals surface area contributed by atoms with Crippen LogP contribution in [0.5, 0.6) is 0 Å². The van der Waals surface area contributed by atoms with Crippen LogP contribution in [0, 0.1) is 17.2 Å². The van der Waals surface area contributed by atoms with E-state index in [4.69, 9.17) is 17.0 Å². The summed E-state index contributed by atoms with van der Waals surface area (Å²) in [6, 6.07) is 6.96. The first-order valence-electron chi connectivity index (χ1n) is 9.93. The van der Waals surface area contributed by atoms with E-state index in [1.54, 1.807) is 29.2 Å². The number of nitrogens with zero attached hydrogens (tertiary/aromatic N) is 2. The van der Waals surface area contributed by atoms with Gasteiger partial charge in [0.15, 0.2) is 5.96 Å². The van der Waals surface area contributed by atoms with E-state index in [1.165, 1.54) is 0 Å². The second-order valence-electron chi connectivity index (χ2n) is 8.56. The minimum absolute atomic E-state index is 0.00845. The van der Waals surface area contributed by atoms with Crippen LogP contribution in [0.4, 0.5) is 0 Å². The number of rotatable bonds is 5. The van der Waals surface area contributed by atoms with Gasteiger partial charge in [0.2, 0.25) is 0 Å². The first-order valence-corrected chi connectivity index (χ1v) is 10.3. The molecule has 0 bridgehead atoms. The Labute approximate surface area is 171 Å². The van der Waals surface area contributed by atoms with Gasteiger partial charge in [-0.3, -0.25) is 19.9 Å². The summed E-state index contributed by atoms with van der Waals surface area (Å²) in [4.78, 5) is 29.0. The number of piperidine rings is 1. The van der Waals surface area contributed by atoms with Crippen LogP contribution in [0.3, 0.4) is 0 Å². The third kappa shape index (κ3) is 4.32. The Morgan fingerprint density at radius 3 is 2.46 bits per heavy atom. The molecule has 1 unspecified atom stereocenters. The van der Waals surface area contributed by atoms with E-state index in [1.807, 2.05) is 11.8 Å². The van der Waals surface area contributed by atoms with Crippen LogP contribution in [0.2, 0.25) is 5.02 Å². The zero-order valence-electron chi connectivity index (χ0n) is 16.8. The van der Waals surface area contributed by atoms with E-state index in [9.17, 15) is 9.59 Å². The number of carbonyl (C=O) groups excluding carboxylic acids is 2. The second-order valence-corrected chi connectivity index (χ2v) is 9.00. The minimum Gasteiger partial charge on any atom is -0.342 e. The summed E-state index contributed by atoms with van der Waals surface area (Å²) >= 11 is 5.89. The van der Waals surface area contributed by atoms with Gasteiger partial charge in [0.1, 0.15) is 5.54 Å². The number of likely N-dealkylation sites (tertiary alicyclic amines) is 1. The highest BCUT2D eigenvalue weighted by Gasteiger charge is 2.46. The van der Waals surface area contributed by atoms with Gasteiger partial charge in [0.05, 0.1) is 0 Å². The van der Waals surface area contributed by atoms with Gasteiger partial charge in [-0.2, -0.15) is 0 Å². The molecule has 1 aromatic rings. The van der Waals surface area contributed by atoms with E-state index in [0.717, 1.165) is 12.8 Å². The Morgan fingerprint density at radius 2 is 1.89 bits per heavy atom. The molecule has 2 saturated heterocycles. The molecule has 2 fully saturated rings. The first-order chi connectivity index (χ1) is 13.2. The third-order valence-corrected chi connectivity index (χ3v) is 5.88. The van der Waals surface area contributed by atoms with Crippen molar-refractivity contribution in [3.05, 3.63) is 34.9 Å². The smallest absolute Gasteiger partial charge is 0.254 e. The summed E-state index contributed by atoms with van der Waals surface area (Å²) in [5.74, 6) is 0.878. The molecular formula is C21H29ClN4O2. The fourth-order valence-electron chi connectivity index (χ4n) is 4.26. The van der Waals surface area contributed by atoms with E-state index in [2.05, 4.69) is 19.2 Å². The van der Waals surface area contributed by atoms with Crippen molar-refractivity contribution < 1.29 is 9.59 Å². The fraction of sp³-hybridized carbons (Fsp3) is 0.571. The predicted octanol–water partition coefficient (Wildman–Crippen LogP) is 3.36. The number of halogens is 1. The summed E-state index contributed by atoms with van der Waals surface area (Å²) in [6.07, 6.45) is 2.37. The molecule has 0 saturated carbocycles. The van der Waals surface area contributed by atoms with Crippen LogP contribution in [0.1, 0.15) is 50.4 Å². The molecule has 0 spiro atoms. The van der Waals surface area contributed by atoms with Crippen molar-refractivity contribution >= 4 is 29.4 Å². The van der Waals surface area contributed by atoms with Crippen molar-refractivity contribution in [1.82, 2.24) is 15.1 Å². The zero-order valence-corrected chi connectivity index (χ0v) is 17.6. The molecule has 2 amide bonds.